The molecule has 2 aliphatic heterocycles. The summed E-state index contributed by atoms with van der Waals surface area (Å²) in [6.45, 7) is 9.76. The standard InChI is InChI=1S/C21H27F2N3O2/c1-4-21(19(27)26(12-14(2)3)20(28)24-21)16-7-9-25(10-8-16)13-15-5-6-17(22)18(23)11-15/h5-6,11,16H,2,4,7-10,12-13H2,1,3H3,(H,24,28)/t21-/m0/s1. The second-order valence-electron chi connectivity index (χ2n) is 7.90. The first-order valence-electron chi connectivity index (χ1n) is 9.71. The second-order valence-corrected chi connectivity index (χ2v) is 7.90. The second kappa shape index (κ2) is 7.99. The fraction of sp³-hybridized carbons (Fsp3) is 0.524. The van der Waals surface area contributed by atoms with Crippen molar-refractivity contribution in [2.24, 2.45) is 5.92 Å². The molecule has 2 aliphatic rings. The maximum Gasteiger partial charge on any atom is 0.325 e. The van der Waals surface area contributed by atoms with Crippen molar-refractivity contribution < 1.29 is 18.4 Å². The number of imide groups is 1. The van der Waals surface area contributed by atoms with Gasteiger partial charge in [-0.15, -0.1) is 0 Å². The smallest absolute Gasteiger partial charge is 0.323 e. The number of nitrogens with zero attached hydrogens (tertiary/aromatic N) is 2. The van der Waals surface area contributed by atoms with E-state index in [1.54, 1.807) is 13.0 Å². The largest absolute Gasteiger partial charge is 0.325 e. The molecule has 0 radical (unpaired) electrons. The molecule has 1 aromatic rings. The molecule has 0 bridgehead atoms. The summed E-state index contributed by atoms with van der Waals surface area (Å²) in [6.07, 6.45) is 2.05. The van der Waals surface area contributed by atoms with E-state index in [0.717, 1.165) is 43.1 Å². The molecule has 2 fully saturated rings. The maximum absolute atomic E-state index is 13.4. The molecule has 5 nitrogen and oxygen atoms in total. The molecule has 2 saturated heterocycles. The number of urea groups is 1. The Morgan fingerprint density at radius 3 is 2.50 bits per heavy atom. The van der Waals surface area contributed by atoms with Crippen molar-refractivity contribution in [2.45, 2.75) is 45.2 Å². The third kappa shape index (κ3) is 3.81. The first-order chi connectivity index (χ1) is 13.3. The van der Waals surface area contributed by atoms with Crippen LogP contribution in [0.15, 0.2) is 30.4 Å². The van der Waals surface area contributed by atoms with Crippen LogP contribution in [0, 0.1) is 17.6 Å². The van der Waals surface area contributed by atoms with Gasteiger partial charge in [0, 0.05) is 6.54 Å². The van der Waals surface area contributed by atoms with Crippen molar-refractivity contribution in [3.63, 3.8) is 0 Å². The Morgan fingerprint density at radius 1 is 1.25 bits per heavy atom. The van der Waals surface area contributed by atoms with E-state index in [-0.39, 0.29) is 24.4 Å². The van der Waals surface area contributed by atoms with E-state index < -0.39 is 17.2 Å². The molecule has 0 aromatic heterocycles. The van der Waals surface area contributed by atoms with Crippen molar-refractivity contribution in [1.29, 1.82) is 0 Å². The van der Waals surface area contributed by atoms with Crippen molar-refractivity contribution in [3.05, 3.63) is 47.5 Å². The maximum atomic E-state index is 13.4. The van der Waals surface area contributed by atoms with E-state index in [9.17, 15) is 18.4 Å². The molecule has 2 heterocycles. The summed E-state index contributed by atoms with van der Waals surface area (Å²) in [6, 6.07) is 3.62. The Hall–Kier alpha value is -2.28. The Labute approximate surface area is 164 Å². The number of hydrogen-bond acceptors (Lipinski definition) is 3. The number of hydrogen-bond donors (Lipinski definition) is 1. The summed E-state index contributed by atoms with van der Waals surface area (Å²) >= 11 is 0. The van der Waals surface area contributed by atoms with Gasteiger partial charge in [-0.05, 0) is 62.9 Å². The average molecular weight is 391 g/mol. The van der Waals surface area contributed by atoms with Crippen molar-refractivity contribution >= 4 is 11.9 Å². The topological polar surface area (TPSA) is 52.7 Å². The number of carbonyl (C=O) groups excluding carboxylic acids is 2. The Morgan fingerprint density at radius 2 is 1.93 bits per heavy atom. The van der Waals surface area contributed by atoms with Crippen LogP contribution < -0.4 is 5.32 Å². The minimum Gasteiger partial charge on any atom is -0.323 e. The van der Waals surface area contributed by atoms with Gasteiger partial charge in [0.05, 0.1) is 6.54 Å². The Kier molecular flexibility index (Phi) is 5.84. The van der Waals surface area contributed by atoms with Gasteiger partial charge in [0.2, 0.25) is 0 Å². The van der Waals surface area contributed by atoms with E-state index in [2.05, 4.69) is 16.8 Å². The van der Waals surface area contributed by atoms with Crippen LogP contribution in [0.5, 0.6) is 0 Å². The van der Waals surface area contributed by atoms with E-state index in [1.165, 1.54) is 11.0 Å². The van der Waals surface area contributed by atoms with Crippen LogP contribution in [-0.2, 0) is 11.3 Å². The lowest BCUT2D eigenvalue weighted by Crippen LogP contribution is -2.55. The van der Waals surface area contributed by atoms with Crippen LogP contribution in [0.3, 0.4) is 0 Å². The van der Waals surface area contributed by atoms with Gasteiger partial charge in [0.1, 0.15) is 5.54 Å². The third-order valence-electron chi connectivity index (χ3n) is 5.86. The predicted octanol–water partition coefficient (Wildman–Crippen LogP) is 3.45. The Bertz CT molecular complexity index is 790. The molecule has 3 amide bonds. The normalized spacial score (nSPS) is 23.9. The first-order valence-corrected chi connectivity index (χ1v) is 9.71. The number of piperidine rings is 1. The number of rotatable bonds is 6. The van der Waals surface area contributed by atoms with E-state index in [4.69, 9.17) is 0 Å². The van der Waals surface area contributed by atoms with Gasteiger partial charge in [-0.25, -0.2) is 13.6 Å². The van der Waals surface area contributed by atoms with Crippen LogP contribution in [0.1, 0.15) is 38.7 Å². The molecule has 28 heavy (non-hydrogen) atoms. The van der Waals surface area contributed by atoms with Crippen LogP contribution in [0.2, 0.25) is 0 Å². The fourth-order valence-corrected chi connectivity index (χ4v) is 4.34. The summed E-state index contributed by atoms with van der Waals surface area (Å²) in [4.78, 5) is 28.9. The van der Waals surface area contributed by atoms with Gasteiger partial charge in [0.25, 0.3) is 5.91 Å². The molecule has 1 atom stereocenters. The molecule has 152 valence electrons. The van der Waals surface area contributed by atoms with E-state index in [1.807, 2.05) is 6.92 Å². The zero-order valence-electron chi connectivity index (χ0n) is 16.4. The molecular weight excluding hydrogens is 364 g/mol. The lowest BCUT2D eigenvalue weighted by Gasteiger charge is -2.40. The molecule has 0 unspecified atom stereocenters. The quantitative estimate of drug-likeness (QED) is 0.597. The molecular formula is C21H27F2N3O2. The summed E-state index contributed by atoms with van der Waals surface area (Å²) in [5.74, 6) is -1.80. The summed E-state index contributed by atoms with van der Waals surface area (Å²) in [5.41, 5.74) is 0.623. The SMILES string of the molecule is C=C(C)CN1C(=O)N[C@@](CC)(C2CCN(Cc3ccc(F)c(F)c3)CC2)C1=O. The van der Waals surface area contributed by atoms with Crippen LogP contribution in [0.25, 0.3) is 0 Å². The number of benzene rings is 1. The summed E-state index contributed by atoms with van der Waals surface area (Å²) in [7, 11) is 0. The molecule has 0 aliphatic carbocycles. The van der Waals surface area contributed by atoms with Gasteiger partial charge in [-0.1, -0.05) is 25.1 Å². The molecule has 0 spiro atoms. The van der Waals surface area contributed by atoms with Crippen LogP contribution >= 0.6 is 0 Å². The number of nitrogens with one attached hydrogen (secondary N) is 1. The van der Waals surface area contributed by atoms with Gasteiger partial charge in [-0.3, -0.25) is 14.6 Å². The highest BCUT2D eigenvalue weighted by molar-refractivity contribution is 6.07. The number of halogens is 2. The molecule has 7 heteroatoms. The number of amides is 3. The average Bonchev–Trinajstić information content (AvgIpc) is 2.90. The predicted molar refractivity (Wildman–Crippen MR) is 102 cm³/mol. The summed E-state index contributed by atoms with van der Waals surface area (Å²) in [5, 5.41) is 2.96. The van der Waals surface area contributed by atoms with Gasteiger partial charge < -0.3 is 5.32 Å². The zero-order valence-corrected chi connectivity index (χ0v) is 16.4. The minimum absolute atomic E-state index is 0.0466. The van der Waals surface area contributed by atoms with Crippen LogP contribution in [0.4, 0.5) is 13.6 Å². The van der Waals surface area contributed by atoms with Crippen molar-refractivity contribution in [1.82, 2.24) is 15.1 Å². The Balaban J connectivity index is 1.65. The molecule has 1 N–H and O–H groups in total. The highest BCUT2D eigenvalue weighted by Gasteiger charge is 2.54. The molecule has 1 aromatic carbocycles. The van der Waals surface area contributed by atoms with E-state index in [0.29, 0.717) is 13.0 Å². The number of carbonyl (C=O) groups is 2. The lowest BCUT2D eigenvalue weighted by molar-refractivity contribution is -0.134. The highest BCUT2D eigenvalue weighted by atomic mass is 19.2. The first kappa shape index (κ1) is 20.5. The van der Waals surface area contributed by atoms with Gasteiger partial charge >= 0.3 is 6.03 Å². The monoisotopic (exact) mass is 391 g/mol. The van der Waals surface area contributed by atoms with E-state index >= 15 is 0 Å². The summed E-state index contributed by atoms with van der Waals surface area (Å²) < 4.78 is 26.5. The van der Waals surface area contributed by atoms with Crippen LogP contribution in [-0.4, -0.2) is 46.9 Å². The van der Waals surface area contributed by atoms with Gasteiger partial charge in [-0.2, -0.15) is 0 Å². The lowest BCUT2D eigenvalue weighted by atomic mass is 9.75. The highest BCUT2D eigenvalue weighted by Crippen LogP contribution is 2.36. The fourth-order valence-electron chi connectivity index (χ4n) is 4.34. The third-order valence-corrected chi connectivity index (χ3v) is 5.86. The van der Waals surface area contributed by atoms with Crippen molar-refractivity contribution in [2.75, 3.05) is 19.6 Å². The minimum atomic E-state index is -0.861. The zero-order chi connectivity index (χ0) is 20.5. The van der Waals surface area contributed by atoms with Gasteiger partial charge in [0.15, 0.2) is 11.6 Å². The number of likely N-dealkylation sites (tertiary alicyclic amines) is 1. The molecule has 3 rings (SSSR count). The van der Waals surface area contributed by atoms with Crippen molar-refractivity contribution in [3.8, 4) is 0 Å². The molecule has 0 saturated carbocycles.